The van der Waals surface area contributed by atoms with Crippen molar-refractivity contribution in [2.45, 2.75) is 0 Å². The van der Waals surface area contributed by atoms with Gasteiger partial charge in [0.2, 0.25) is 11.7 Å². The van der Waals surface area contributed by atoms with Gasteiger partial charge < -0.3 is 9.47 Å². The van der Waals surface area contributed by atoms with Crippen molar-refractivity contribution in [1.29, 1.82) is 0 Å². The average Bonchev–Trinajstić information content (AvgIpc) is 2.79. The maximum Gasteiger partial charge on any atom is 0.235 e. The third kappa shape index (κ3) is 2.02. The topological polar surface area (TPSA) is 79.1 Å². The molecule has 2 rings (SSSR count). The van der Waals surface area contributed by atoms with Gasteiger partial charge in [-0.3, -0.25) is 9.48 Å². The Morgan fingerprint density at radius 1 is 1.22 bits per heavy atom. The van der Waals surface area contributed by atoms with E-state index >= 15 is 0 Å². The number of nitrogens with zero attached hydrogens (tertiary/aromatic N) is 4. The van der Waals surface area contributed by atoms with Crippen LogP contribution in [0.3, 0.4) is 0 Å². The molecule has 0 fully saturated rings. The van der Waals surface area contributed by atoms with Gasteiger partial charge in [0.25, 0.3) is 0 Å². The summed E-state index contributed by atoms with van der Waals surface area (Å²) in [6.07, 6.45) is 1.48. The smallest absolute Gasteiger partial charge is 0.235 e. The second-order valence-electron chi connectivity index (χ2n) is 3.48. The van der Waals surface area contributed by atoms with Gasteiger partial charge in [0, 0.05) is 13.1 Å². The predicted octanol–water partition coefficient (Wildman–Crippen LogP) is 0.458. The van der Waals surface area contributed by atoms with Gasteiger partial charge in [-0.2, -0.15) is 5.10 Å². The molecule has 0 aliphatic rings. The molecule has 7 heteroatoms. The van der Waals surface area contributed by atoms with E-state index in [4.69, 9.17) is 9.47 Å². The first kappa shape index (κ1) is 12.0. The van der Waals surface area contributed by atoms with Gasteiger partial charge in [-0.15, -0.1) is 10.2 Å². The number of aryl methyl sites for hydroxylation is 1. The Hall–Kier alpha value is -2.44. The van der Waals surface area contributed by atoms with Crippen LogP contribution in [0, 0.1) is 0 Å². The minimum absolute atomic E-state index is 0.206. The molecule has 7 nitrogen and oxygen atoms in total. The third-order valence-electron chi connectivity index (χ3n) is 2.42. The van der Waals surface area contributed by atoms with Crippen LogP contribution in [0.15, 0.2) is 18.3 Å². The number of rotatable bonds is 4. The lowest BCUT2D eigenvalue weighted by Crippen LogP contribution is -2.12. The summed E-state index contributed by atoms with van der Waals surface area (Å²) in [4.78, 5) is 12.2. The first-order valence-electron chi connectivity index (χ1n) is 5.15. The monoisotopic (exact) mass is 248 g/mol. The van der Waals surface area contributed by atoms with E-state index in [9.17, 15) is 4.79 Å². The number of ketones is 1. The van der Waals surface area contributed by atoms with Gasteiger partial charge in [0.1, 0.15) is 5.69 Å². The molecule has 0 radical (unpaired) electrons. The fraction of sp³-hybridized carbons (Fsp3) is 0.273. The lowest BCUT2D eigenvalue weighted by molar-refractivity contribution is 0.102. The fourth-order valence-electron chi connectivity index (χ4n) is 1.50. The fourth-order valence-corrected chi connectivity index (χ4v) is 1.50. The Morgan fingerprint density at radius 3 is 2.56 bits per heavy atom. The number of hydrogen-bond donors (Lipinski definition) is 0. The maximum atomic E-state index is 12.2. The SMILES string of the molecule is COc1ccc(C(=O)c2c(OC)cnn2C)nn1. The Morgan fingerprint density at radius 2 is 2.00 bits per heavy atom. The molecule has 0 amide bonds. The molecule has 0 aromatic carbocycles. The summed E-state index contributed by atoms with van der Waals surface area (Å²) in [5.74, 6) is 0.450. The van der Waals surface area contributed by atoms with E-state index in [1.807, 2.05) is 0 Å². The Kier molecular flexibility index (Phi) is 3.22. The molecule has 0 saturated heterocycles. The predicted molar refractivity (Wildman–Crippen MR) is 61.8 cm³/mol. The molecule has 2 aromatic rings. The summed E-state index contributed by atoms with van der Waals surface area (Å²) < 4.78 is 11.4. The molecule has 0 spiro atoms. The number of hydrogen-bond acceptors (Lipinski definition) is 6. The van der Waals surface area contributed by atoms with Gasteiger partial charge in [0.05, 0.1) is 20.4 Å². The molecule has 94 valence electrons. The maximum absolute atomic E-state index is 12.2. The van der Waals surface area contributed by atoms with Crippen molar-refractivity contribution in [3.8, 4) is 11.6 Å². The van der Waals surface area contributed by atoms with Crippen LogP contribution in [0.1, 0.15) is 16.2 Å². The first-order valence-corrected chi connectivity index (χ1v) is 5.15. The van der Waals surface area contributed by atoms with Crippen LogP contribution in [-0.4, -0.2) is 40.0 Å². The second-order valence-corrected chi connectivity index (χ2v) is 3.48. The molecule has 0 aliphatic heterocycles. The van der Waals surface area contributed by atoms with Crippen molar-refractivity contribution in [1.82, 2.24) is 20.0 Å². The second kappa shape index (κ2) is 4.82. The highest BCUT2D eigenvalue weighted by Gasteiger charge is 2.20. The first-order chi connectivity index (χ1) is 8.67. The molecular formula is C11H12N4O3. The van der Waals surface area contributed by atoms with Crippen LogP contribution < -0.4 is 9.47 Å². The summed E-state index contributed by atoms with van der Waals surface area (Å²) in [6, 6.07) is 3.11. The van der Waals surface area contributed by atoms with E-state index < -0.39 is 0 Å². The average molecular weight is 248 g/mol. The normalized spacial score (nSPS) is 10.2. The lowest BCUT2D eigenvalue weighted by Gasteiger charge is -2.04. The van der Waals surface area contributed by atoms with E-state index in [0.29, 0.717) is 17.3 Å². The highest BCUT2D eigenvalue weighted by molar-refractivity contribution is 6.08. The molecule has 18 heavy (non-hydrogen) atoms. The van der Waals surface area contributed by atoms with E-state index in [1.54, 1.807) is 19.2 Å². The number of aromatic nitrogens is 4. The molecule has 0 atom stereocenters. The molecule has 0 N–H and O–H groups in total. The van der Waals surface area contributed by atoms with E-state index in [-0.39, 0.29) is 11.5 Å². The zero-order valence-electron chi connectivity index (χ0n) is 10.2. The van der Waals surface area contributed by atoms with Crippen LogP contribution in [0.4, 0.5) is 0 Å². The summed E-state index contributed by atoms with van der Waals surface area (Å²) >= 11 is 0. The number of carbonyl (C=O) groups excluding carboxylic acids is 1. The largest absolute Gasteiger partial charge is 0.493 e. The van der Waals surface area contributed by atoms with Crippen LogP contribution in [0.2, 0.25) is 0 Å². The van der Waals surface area contributed by atoms with E-state index in [2.05, 4.69) is 15.3 Å². The van der Waals surface area contributed by atoms with Crippen LogP contribution in [0.25, 0.3) is 0 Å². The van der Waals surface area contributed by atoms with Crippen LogP contribution in [0.5, 0.6) is 11.6 Å². The van der Waals surface area contributed by atoms with Gasteiger partial charge in [-0.25, -0.2) is 0 Å². The van der Waals surface area contributed by atoms with Gasteiger partial charge >= 0.3 is 0 Å². The minimum atomic E-state index is -0.304. The summed E-state index contributed by atoms with van der Waals surface area (Å²) in [7, 11) is 4.62. The zero-order valence-corrected chi connectivity index (χ0v) is 10.2. The third-order valence-corrected chi connectivity index (χ3v) is 2.42. The van der Waals surface area contributed by atoms with Crippen LogP contribution in [-0.2, 0) is 7.05 Å². The van der Waals surface area contributed by atoms with Gasteiger partial charge in [-0.1, -0.05) is 0 Å². The highest BCUT2D eigenvalue weighted by atomic mass is 16.5. The molecule has 2 heterocycles. The van der Waals surface area contributed by atoms with Crippen molar-refractivity contribution in [2.24, 2.45) is 7.05 Å². The molecule has 0 unspecified atom stereocenters. The summed E-state index contributed by atoms with van der Waals surface area (Å²) in [5.41, 5.74) is 0.537. The molecule has 0 aliphatic carbocycles. The van der Waals surface area contributed by atoms with Gasteiger partial charge in [-0.05, 0) is 6.07 Å². The lowest BCUT2D eigenvalue weighted by atomic mass is 10.2. The van der Waals surface area contributed by atoms with Crippen molar-refractivity contribution >= 4 is 5.78 Å². The molecule has 0 saturated carbocycles. The summed E-state index contributed by atoms with van der Waals surface area (Å²) in [6.45, 7) is 0. The van der Waals surface area contributed by atoms with Gasteiger partial charge in [0.15, 0.2) is 11.4 Å². The Bertz CT molecular complexity index is 562. The molecular weight excluding hydrogens is 236 g/mol. The Labute approximate surface area is 103 Å². The van der Waals surface area contributed by atoms with Crippen LogP contribution >= 0.6 is 0 Å². The standard InChI is InChI=1S/C11H12N4O3/c1-15-10(8(17-2)6-12-15)11(16)7-4-5-9(18-3)14-13-7/h4-6H,1-3H3. The molecule has 0 bridgehead atoms. The zero-order chi connectivity index (χ0) is 13.1. The minimum Gasteiger partial charge on any atom is -0.493 e. The number of methoxy groups -OCH3 is 2. The number of ether oxygens (including phenoxy) is 2. The van der Waals surface area contributed by atoms with Crippen molar-refractivity contribution in [2.75, 3.05) is 14.2 Å². The summed E-state index contributed by atoms with van der Waals surface area (Å²) in [5, 5.41) is 11.5. The quantitative estimate of drug-likeness (QED) is 0.731. The van der Waals surface area contributed by atoms with Crippen molar-refractivity contribution in [3.63, 3.8) is 0 Å². The Balaban J connectivity index is 2.38. The number of carbonyl (C=O) groups is 1. The van der Waals surface area contributed by atoms with Crippen molar-refractivity contribution in [3.05, 3.63) is 29.7 Å². The van der Waals surface area contributed by atoms with E-state index in [0.717, 1.165) is 0 Å². The molecule has 2 aromatic heterocycles. The van der Waals surface area contributed by atoms with E-state index in [1.165, 1.54) is 25.1 Å². The highest BCUT2D eigenvalue weighted by Crippen LogP contribution is 2.19. The van der Waals surface area contributed by atoms with Crippen molar-refractivity contribution < 1.29 is 14.3 Å².